The maximum atomic E-state index is 11.8. The van der Waals surface area contributed by atoms with Crippen molar-refractivity contribution in [1.29, 1.82) is 0 Å². The quantitative estimate of drug-likeness (QED) is 0.590. The first-order valence-electron chi connectivity index (χ1n) is 5.70. The van der Waals surface area contributed by atoms with Crippen molar-refractivity contribution in [2.24, 2.45) is 23.7 Å². The SMILES string of the molecule is O=C1CC2C(=O)CC1C1C(=O)CCC(=O)C21. The molecule has 0 aromatic carbocycles. The van der Waals surface area contributed by atoms with Crippen LogP contribution in [0.4, 0.5) is 0 Å². The van der Waals surface area contributed by atoms with Crippen LogP contribution in [0.3, 0.4) is 0 Å². The highest BCUT2D eigenvalue weighted by Gasteiger charge is 2.58. The molecule has 0 aromatic heterocycles. The van der Waals surface area contributed by atoms with E-state index < -0.39 is 23.7 Å². The van der Waals surface area contributed by atoms with Crippen molar-refractivity contribution in [2.45, 2.75) is 25.7 Å². The van der Waals surface area contributed by atoms with E-state index in [0.717, 1.165) is 0 Å². The lowest BCUT2D eigenvalue weighted by molar-refractivity contribution is -0.161. The van der Waals surface area contributed by atoms with Gasteiger partial charge in [0.05, 0.1) is 0 Å². The van der Waals surface area contributed by atoms with Crippen molar-refractivity contribution in [3.8, 4) is 0 Å². The summed E-state index contributed by atoms with van der Waals surface area (Å²) in [6.45, 7) is 0. The van der Waals surface area contributed by atoms with E-state index in [9.17, 15) is 19.2 Å². The molecule has 0 radical (unpaired) electrons. The molecule has 16 heavy (non-hydrogen) atoms. The van der Waals surface area contributed by atoms with Crippen molar-refractivity contribution in [1.82, 2.24) is 0 Å². The van der Waals surface area contributed by atoms with Crippen molar-refractivity contribution < 1.29 is 19.2 Å². The van der Waals surface area contributed by atoms with Crippen molar-refractivity contribution in [3.63, 3.8) is 0 Å². The van der Waals surface area contributed by atoms with Crippen molar-refractivity contribution in [2.75, 3.05) is 0 Å². The monoisotopic (exact) mass is 220 g/mol. The molecule has 4 heteroatoms. The third-order valence-electron chi connectivity index (χ3n) is 4.28. The average Bonchev–Trinajstić information content (AvgIpc) is 2.25. The maximum absolute atomic E-state index is 11.8. The predicted octanol–water partition coefficient (Wildman–Crippen LogP) is 0.329. The van der Waals surface area contributed by atoms with E-state index in [1.54, 1.807) is 0 Å². The molecule has 0 aromatic rings. The van der Waals surface area contributed by atoms with Gasteiger partial charge in [-0.05, 0) is 0 Å². The Labute approximate surface area is 92.4 Å². The number of Topliss-reactive ketones (excluding diaryl/α,β-unsaturated/α-hetero) is 4. The van der Waals surface area contributed by atoms with E-state index in [1.807, 2.05) is 0 Å². The first-order valence-corrected chi connectivity index (χ1v) is 5.70. The Morgan fingerprint density at radius 3 is 1.38 bits per heavy atom. The second-order valence-electron chi connectivity index (χ2n) is 5.04. The summed E-state index contributed by atoms with van der Waals surface area (Å²) in [5.41, 5.74) is 0. The summed E-state index contributed by atoms with van der Waals surface area (Å²) in [7, 11) is 0. The lowest BCUT2D eigenvalue weighted by atomic mass is 9.53. The van der Waals surface area contributed by atoms with Gasteiger partial charge in [0, 0.05) is 49.4 Å². The van der Waals surface area contributed by atoms with E-state index in [4.69, 9.17) is 0 Å². The van der Waals surface area contributed by atoms with E-state index in [1.165, 1.54) is 0 Å². The largest absolute Gasteiger partial charge is 0.299 e. The number of rotatable bonds is 0. The second-order valence-corrected chi connectivity index (χ2v) is 5.04. The van der Waals surface area contributed by atoms with Crippen LogP contribution in [-0.4, -0.2) is 23.1 Å². The Balaban J connectivity index is 2.06. The van der Waals surface area contributed by atoms with Crippen LogP contribution in [0.15, 0.2) is 0 Å². The van der Waals surface area contributed by atoms with Gasteiger partial charge >= 0.3 is 0 Å². The number of ketones is 4. The van der Waals surface area contributed by atoms with Gasteiger partial charge in [-0.2, -0.15) is 0 Å². The molecule has 0 heterocycles. The van der Waals surface area contributed by atoms with Gasteiger partial charge in [0.25, 0.3) is 0 Å². The summed E-state index contributed by atoms with van der Waals surface area (Å²) in [4.78, 5) is 47.0. The summed E-state index contributed by atoms with van der Waals surface area (Å²) in [6, 6.07) is 0. The van der Waals surface area contributed by atoms with Crippen molar-refractivity contribution in [3.05, 3.63) is 0 Å². The predicted molar refractivity (Wildman–Crippen MR) is 52.5 cm³/mol. The van der Waals surface area contributed by atoms with E-state index >= 15 is 0 Å². The van der Waals surface area contributed by atoms with E-state index in [2.05, 4.69) is 0 Å². The molecule has 4 unspecified atom stereocenters. The zero-order valence-corrected chi connectivity index (χ0v) is 8.77. The zero-order valence-electron chi connectivity index (χ0n) is 8.77. The molecule has 4 rings (SSSR count). The van der Waals surface area contributed by atoms with Gasteiger partial charge in [0.1, 0.15) is 23.1 Å². The minimum absolute atomic E-state index is 0.00824. The Kier molecular flexibility index (Phi) is 1.91. The molecule has 0 N–H and O–H groups in total. The minimum atomic E-state index is -0.487. The van der Waals surface area contributed by atoms with E-state index in [-0.39, 0.29) is 48.8 Å². The van der Waals surface area contributed by atoms with Gasteiger partial charge in [-0.25, -0.2) is 0 Å². The summed E-state index contributed by atoms with van der Waals surface area (Å²) in [6.07, 6.45) is 0.878. The first-order chi connectivity index (χ1) is 7.59. The van der Waals surface area contributed by atoms with Crippen LogP contribution in [0.1, 0.15) is 25.7 Å². The Morgan fingerprint density at radius 2 is 1.00 bits per heavy atom. The number of carbonyl (C=O) groups is 4. The molecular formula is C12H12O4. The maximum Gasteiger partial charge on any atom is 0.137 e. The molecule has 2 bridgehead atoms. The average molecular weight is 220 g/mol. The van der Waals surface area contributed by atoms with Crippen LogP contribution in [-0.2, 0) is 19.2 Å². The van der Waals surface area contributed by atoms with Gasteiger partial charge in [0.2, 0.25) is 0 Å². The normalized spacial score (nSPS) is 42.5. The van der Waals surface area contributed by atoms with Crippen LogP contribution in [0, 0.1) is 23.7 Å². The molecule has 84 valence electrons. The molecule has 4 atom stereocenters. The van der Waals surface area contributed by atoms with Crippen LogP contribution < -0.4 is 0 Å². The zero-order chi connectivity index (χ0) is 11.4. The summed E-state index contributed by atoms with van der Waals surface area (Å²) >= 11 is 0. The second kappa shape index (κ2) is 3.09. The molecule has 4 aliphatic carbocycles. The summed E-state index contributed by atoms with van der Waals surface area (Å²) in [5.74, 6) is -1.86. The van der Waals surface area contributed by atoms with E-state index in [0.29, 0.717) is 0 Å². The van der Waals surface area contributed by atoms with Crippen LogP contribution in [0.5, 0.6) is 0 Å². The number of fused-ring (bicyclic) bond motifs is 2. The highest BCUT2D eigenvalue weighted by Crippen LogP contribution is 2.48. The Morgan fingerprint density at radius 1 is 0.625 bits per heavy atom. The first kappa shape index (κ1) is 9.87. The Bertz CT molecular complexity index is 383. The Hall–Kier alpha value is -1.32. The standard InChI is InChI=1S/C12H12O4/c13-7-1-2-8(14)12-6-4-9(15)5(11(7)12)3-10(6)16/h5-6,11-12H,1-4H2. The molecule has 4 saturated carbocycles. The minimum Gasteiger partial charge on any atom is -0.299 e. The molecule has 0 spiro atoms. The third kappa shape index (κ3) is 1.10. The van der Waals surface area contributed by atoms with Gasteiger partial charge in [0.15, 0.2) is 0 Å². The number of hydrogen-bond acceptors (Lipinski definition) is 4. The lowest BCUT2D eigenvalue weighted by Crippen LogP contribution is -2.57. The third-order valence-corrected chi connectivity index (χ3v) is 4.28. The number of hydrogen-bond donors (Lipinski definition) is 0. The fraction of sp³-hybridized carbons (Fsp3) is 0.667. The van der Waals surface area contributed by atoms with Crippen LogP contribution in [0.25, 0.3) is 0 Å². The summed E-state index contributed by atoms with van der Waals surface area (Å²) in [5, 5.41) is 0. The van der Waals surface area contributed by atoms with Gasteiger partial charge in [-0.1, -0.05) is 0 Å². The number of carbonyl (C=O) groups excluding carboxylic acids is 4. The fourth-order valence-electron chi connectivity index (χ4n) is 3.55. The molecule has 0 amide bonds. The summed E-state index contributed by atoms with van der Waals surface area (Å²) < 4.78 is 0. The lowest BCUT2D eigenvalue weighted by Gasteiger charge is -2.46. The molecule has 0 aliphatic heterocycles. The van der Waals surface area contributed by atoms with Gasteiger partial charge < -0.3 is 0 Å². The van der Waals surface area contributed by atoms with Crippen LogP contribution >= 0.6 is 0 Å². The molecule has 4 aliphatic rings. The van der Waals surface area contributed by atoms with Crippen LogP contribution in [0.2, 0.25) is 0 Å². The molecule has 0 saturated heterocycles. The molecule has 4 fully saturated rings. The van der Waals surface area contributed by atoms with Gasteiger partial charge in [-0.15, -0.1) is 0 Å². The van der Waals surface area contributed by atoms with Gasteiger partial charge in [-0.3, -0.25) is 19.2 Å². The highest BCUT2D eigenvalue weighted by atomic mass is 16.2. The van der Waals surface area contributed by atoms with Crippen molar-refractivity contribution >= 4 is 23.1 Å². The molecule has 4 nitrogen and oxygen atoms in total. The molecular weight excluding hydrogens is 208 g/mol. The smallest absolute Gasteiger partial charge is 0.137 e. The topological polar surface area (TPSA) is 68.3 Å². The fourth-order valence-corrected chi connectivity index (χ4v) is 3.55. The highest BCUT2D eigenvalue weighted by molar-refractivity contribution is 6.08.